The summed E-state index contributed by atoms with van der Waals surface area (Å²) in [5.41, 5.74) is 0. The number of likely N-dealkylation sites (N-methyl/N-ethyl adjacent to an activating group) is 1. The van der Waals surface area contributed by atoms with Crippen LogP contribution in [-0.4, -0.2) is 99.7 Å². The van der Waals surface area contributed by atoms with Gasteiger partial charge in [-0.1, -0.05) is 13.8 Å². The van der Waals surface area contributed by atoms with Crippen molar-refractivity contribution in [1.82, 2.24) is 20.0 Å². The number of rotatable bonds is 6. The molecule has 2 fully saturated rings. The SMILES string of the molecule is CC1CC(C)CN(C(=NCC(=O)N(C)C)NCCCN2CCOCC2)C1. The minimum Gasteiger partial charge on any atom is -0.379 e. The summed E-state index contributed by atoms with van der Waals surface area (Å²) in [5, 5.41) is 3.51. The molecule has 0 spiro atoms. The van der Waals surface area contributed by atoms with Crippen LogP contribution < -0.4 is 5.32 Å². The lowest BCUT2D eigenvalue weighted by Crippen LogP contribution is -2.49. The van der Waals surface area contributed by atoms with Crippen LogP contribution >= 0.6 is 0 Å². The normalized spacial score (nSPS) is 25.2. The van der Waals surface area contributed by atoms with Gasteiger partial charge in [-0.25, -0.2) is 4.99 Å². The number of aliphatic imine (C=N–C) groups is 1. The van der Waals surface area contributed by atoms with Gasteiger partial charge >= 0.3 is 0 Å². The summed E-state index contributed by atoms with van der Waals surface area (Å²) in [6.07, 6.45) is 2.33. The monoisotopic (exact) mass is 367 g/mol. The van der Waals surface area contributed by atoms with Crippen molar-refractivity contribution in [2.24, 2.45) is 16.8 Å². The third-order valence-corrected chi connectivity index (χ3v) is 5.07. The lowest BCUT2D eigenvalue weighted by atomic mass is 9.92. The van der Waals surface area contributed by atoms with Crippen molar-refractivity contribution < 1.29 is 9.53 Å². The van der Waals surface area contributed by atoms with Crippen molar-refractivity contribution in [2.45, 2.75) is 26.7 Å². The molecule has 0 aromatic carbocycles. The molecule has 2 rings (SSSR count). The van der Waals surface area contributed by atoms with Gasteiger partial charge in [0, 0.05) is 46.8 Å². The maximum Gasteiger partial charge on any atom is 0.243 e. The predicted molar refractivity (Wildman–Crippen MR) is 105 cm³/mol. The summed E-state index contributed by atoms with van der Waals surface area (Å²) in [4.78, 5) is 23.0. The van der Waals surface area contributed by atoms with Gasteiger partial charge in [0.2, 0.25) is 5.91 Å². The second-order valence-electron chi connectivity index (χ2n) is 8.01. The molecule has 0 aromatic rings. The number of carbonyl (C=O) groups is 1. The molecule has 1 amide bonds. The van der Waals surface area contributed by atoms with Gasteiger partial charge in [0.15, 0.2) is 5.96 Å². The summed E-state index contributed by atoms with van der Waals surface area (Å²) in [7, 11) is 3.55. The smallest absolute Gasteiger partial charge is 0.243 e. The van der Waals surface area contributed by atoms with E-state index < -0.39 is 0 Å². The lowest BCUT2D eigenvalue weighted by molar-refractivity contribution is -0.127. The van der Waals surface area contributed by atoms with E-state index in [0.717, 1.165) is 64.9 Å². The average molecular weight is 368 g/mol. The molecule has 2 unspecified atom stereocenters. The van der Waals surface area contributed by atoms with E-state index in [1.165, 1.54) is 6.42 Å². The van der Waals surface area contributed by atoms with Gasteiger partial charge in [0.25, 0.3) is 0 Å². The summed E-state index contributed by atoms with van der Waals surface area (Å²) in [5.74, 6) is 2.24. The lowest BCUT2D eigenvalue weighted by Gasteiger charge is -2.37. The Bertz CT molecular complexity index is 453. The van der Waals surface area contributed by atoms with Crippen LogP contribution in [0.3, 0.4) is 0 Å². The van der Waals surface area contributed by atoms with Crippen LogP contribution in [0, 0.1) is 11.8 Å². The molecule has 7 heteroatoms. The summed E-state index contributed by atoms with van der Waals surface area (Å²) in [6.45, 7) is 12.5. The van der Waals surface area contributed by atoms with Crippen molar-refractivity contribution in [1.29, 1.82) is 0 Å². The van der Waals surface area contributed by atoms with Crippen molar-refractivity contribution in [3.8, 4) is 0 Å². The number of nitrogens with one attached hydrogen (secondary N) is 1. The van der Waals surface area contributed by atoms with E-state index in [-0.39, 0.29) is 12.5 Å². The number of piperidine rings is 1. The van der Waals surface area contributed by atoms with E-state index in [4.69, 9.17) is 4.74 Å². The summed E-state index contributed by atoms with van der Waals surface area (Å²) in [6, 6.07) is 0. The number of hydrogen-bond donors (Lipinski definition) is 1. The molecule has 2 saturated heterocycles. The number of likely N-dealkylation sites (tertiary alicyclic amines) is 1. The van der Waals surface area contributed by atoms with Crippen LogP contribution in [0.2, 0.25) is 0 Å². The second-order valence-corrected chi connectivity index (χ2v) is 8.01. The minimum absolute atomic E-state index is 0.0377. The number of nitrogens with zero attached hydrogens (tertiary/aromatic N) is 4. The molecule has 2 heterocycles. The van der Waals surface area contributed by atoms with E-state index in [9.17, 15) is 4.79 Å². The Kier molecular flexibility index (Phi) is 8.65. The Morgan fingerprint density at radius 2 is 1.85 bits per heavy atom. The van der Waals surface area contributed by atoms with Crippen LogP contribution in [0.4, 0.5) is 0 Å². The fraction of sp³-hybridized carbons (Fsp3) is 0.895. The first-order valence-corrected chi connectivity index (χ1v) is 9.99. The van der Waals surface area contributed by atoms with Crippen LogP contribution in [0.5, 0.6) is 0 Å². The molecule has 0 bridgehead atoms. The van der Waals surface area contributed by atoms with E-state index >= 15 is 0 Å². The molecule has 26 heavy (non-hydrogen) atoms. The standard InChI is InChI=1S/C19H37N5O2/c1-16-12-17(2)15-24(14-16)19(21-13-18(25)22(3)4)20-6-5-7-23-8-10-26-11-9-23/h16-17H,5-15H2,1-4H3,(H,20,21). The molecule has 2 aliphatic heterocycles. The molecule has 7 nitrogen and oxygen atoms in total. The zero-order valence-corrected chi connectivity index (χ0v) is 17.0. The quantitative estimate of drug-likeness (QED) is 0.426. The molecule has 1 N–H and O–H groups in total. The average Bonchev–Trinajstić information content (AvgIpc) is 2.60. The largest absolute Gasteiger partial charge is 0.379 e. The highest BCUT2D eigenvalue weighted by Crippen LogP contribution is 2.20. The van der Waals surface area contributed by atoms with E-state index in [1.807, 2.05) is 0 Å². The van der Waals surface area contributed by atoms with Gasteiger partial charge in [-0.3, -0.25) is 9.69 Å². The van der Waals surface area contributed by atoms with Gasteiger partial charge < -0.3 is 19.9 Å². The molecular formula is C19H37N5O2. The summed E-state index contributed by atoms with van der Waals surface area (Å²) < 4.78 is 5.40. The van der Waals surface area contributed by atoms with Crippen molar-refractivity contribution >= 4 is 11.9 Å². The third-order valence-electron chi connectivity index (χ3n) is 5.07. The van der Waals surface area contributed by atoms with Crippen molar-refractivity contribution in [3.05, 3.63) is 0 Å². The van der Waals surface area contributed by atoms with Gasteiger partial charge in [-0.15, -0.1) is 0 Å². The summed E-state index contributed by atoms with van der Waals surface area (Å²) >= 11 is 0. The van der Waals surface area contributed by atoms with E-state index in [2.05, 4.69) is 34.0 Å². The highest BCUT2D eigenvalue weighted by molar-refractivity contribution is 5.84. The van der Waals surface area contributed by atoms with Crippen LogP contribution in [0.1, 0.15) is 26.7 Å². The van der Waals surface area contributed by atoms with E-state index in [1.54, 1.807) is 19.0 Å². The zero-order chi connectivity index (χ0) is 18.9. The molecule has 0 radical (unpaired) electrons. The highest BCUT2D eigenvalue weighted by atomic mass is 16.5. The first-order valence-electron chi connectivity index (χ1n) is 9.99. The third kappa shape index (κ3) is 7.11. The number of amides is 1. The molecule has 2 aliphatic rings. The highest BCUT2D eigenvalue weighted by Gasteiger charge is 2.24. The van der Waals surface area contributed by atoms with Gasteiger partial charge in [-0.2, -0.15) is 0 Å². The maximum absolute atomic E-state index is 11.9. The minimum atomic E-state index is 0.0377. The van der Waals surface area contributed by atoms with Crippen LogP contribution in [0.25, 0.3) is 0 Å². The van der Waals surface area contributed by atoms with Gasteiger partial charge in [0.1, 0.15) is 6.54 Å². The molecular weight excluding hydrogens is 330 g/mol. The first kappa shape index (κ1) is 21.0. The predicted octanol–water partition coefficient (Wildman–Crippen LogP) is 0.720. The first-order chi connectivity index (χ1) is 12.5. The van der Waals surface area contributed by atoms with Crippen molar-refractivity contribution in [2.75, 3.05) is 73.1 Å². The number of hydrogen-bond acceptors (Lipinski definition) is 4. The Hall–Kier alpha value is -1.34. The molecule has 0 saturated carbocycles. The maximum atomic E-state index is 11.9. The fourth-order valence-electron chi connectivity index (χ4n) is 3.72. The van der Waals surface area contributed by atoms with Gasteiger partial charge in [-0.05, 0) is 31.2 Å². The van der Waals surface area contributed by atoms with Crippen molar-refractivity contribution in [3.63, 3.8) is 0 Å². The molecule has 0 aliphatic carbocycles. The number of guanidine groups is 1. The molecule has 150 valence electrons. The number of ether oxygens (including phenoxy) is 1. The van der Waals surface area contributed by atoms with Crippen LogP contribution in [-0.2, 0) is 9.53 Å². The number of morpholine rings is 1. The fourth-order valence-corrected chi connectivity index (χ4v) is 3.72. The Morgan fingerprint density at radius 1 is 1.19 bits per heavy atom. The Morgan fingerprint density at radius 3 is 2.46 bits per heavy atom. The van der Waals surface area contributed by atoms with Gasteiger partial charge in [0.05, 0.1) is 13.2 Å². The Balaban J connectivity index is 1.87. The second kappa shape index (κ2) is 10.7. The zero-order valence-electron chi connectivity index (χ0n) is 17.0. The topological polar surface area (TPSA) is 60.4 Å². The van der Waals surface area contributed by atoms with E-state index in [0.29, 0.717) is 11.8 Å². The molecule has 2 atom stereocenters. The Labute approximate surface area is 158 Å². The molecule has 0 aromatic heterocycles. The van der Waals surface area contributed by atoms with Crippen LogP contribution in [0.15, 0.2) is 4.99 Å². The number of carbonyl (C=O) groups excluding carboxylic acids is 1.